The third-order valence-electron chi connectivity index (χ3n) is 6.71. The molecule has 4 rings (SSSR count). The summed E-state index contributed by atoms with van der Waals surface area (Å²) < 4.78 is 27.0. The average molecular weight is 406 g/mol. The minimum absolute atomic E-state index is 0.144. The number of piperazine rings is 1. The maximum atomic E-state index is 12.8. The van der Waals surface area contributed by atoms with Crippen LogP contribution < -0.4 is 0 Å². The van der Waals surface area contributed by atoms with Crippen molar-refractivity contribution in [3.63, 3.8) is 0 Å². The zero-order chi connectivity index (χ0) is 19.6. The minimum atomic E-state index is -3.47. The Kier molecular flexibility index (Phi) is 6.04. The molecule has 1 saturated carbocycles. The van der Waals surface area contributed by atoms with Crippen LogP contribution >= 0.6 is 0 Å². The predicted octanol–water partition coefficient (Wildman–Crippen LogP) is 2.03. The Morgan fingerprint density at radius 2 is 1.57 bits per heavy atom. The third-order valence-corrected chi connectivity index (χ3v) is 8.62. The summed E-state index contributed by atoms with van der Waals surface area (Å²) in [5, 5.41) is 0. The lowest BCUT2D eigenvalue weighted by atomic mass is 9.75. The summed E-state index contributed by atoms with van der Waals surface area (Å²) in [6.07, 6.45) is 6.60. The Balaban J connectivity index is 1.28. The molecule has 3 fully saturated rings. The molecule has 0 bridgehead atoms. The van der Waals surface area contributed by atoms with Crippen LogP contribution in [0.25, 0.3) is 0 Å². The number of piperidine rings is 1. The molecule has 1 amide bonds. The third kappa shape index (κ3) is 4.26. The van der Waals surface area contributed by atoms with Crippen LogP contribution in [-0.4, -0.2) is 74.2 Å². The number of fused-ring (bicyclic) bond motifs is 1. The Hall–Kier alpha value is -1.44. The molecule has 2 atom stereocenters. The van der Waals surface area contributed by atoms with Gasteiger partial charge in [-0.15, -0.1) is 0 Å². The van der Waals surface area contributed by atoms with Crippen LogP contribution in [0, 0.1) is 11.8 Å². The monoisotopic (exact) mass is 405 g/mol. The predicted molar refractivity (Wildman–Crippen MR) is 108 cm³/mol. The number of nitrogens with zero attached hydrogens (tertiary/aromatic N) is 3. The maximum Gasteiger partial charge on any atom is 0.243 e. The molecule has 0 N–H and O–H groups in total. The van der Waals surface area contributed by atoms with Gasteiger partial charge in [0, 0.05) is 32.7 Å². The van der Waals surface area contributed by atoms with E-state index in [2.05, 4.69) is 4.90 Å². The molecule has 6 nitrogen and oxygen atoms in total. The van der Waals surface area contributed by atoms with Gasteiger partial charge in [-0.25, -0.2) is 8.42 Å². The number of carbonyl (C=O) groups is 1. The van der Waals surface area contributed by atoms with E-state index >= 15 is 0 Å². The number of hydrogen-bond acceptors (Lipinski definition) is 4. The highest BCUT2D eigenvalue weighted by molar-refractivity contribution is 7.89. The molecular formula is C21H31N3O3S. The maximum absolute atomic E-state index is 12.8. The first-order valence-electron chi connectivity index (χ1n) is 10.6. The quantitative estimate of drug-likeness (QED) is 0.769. The highest BCUT2D eigenvalue weighted by Gasteiger charge is 2.34. The fraction of sp³-hybridized carbons (Fsp3) is 0.667. The topological polar surface area (TPSA) is 60.9 Å². The van der Waals surface area contributed by atoms with Gasteiger partial charge in [0.2, 0.25) is 15.9 Å². The lowest BCUT2D eigenvalue weighted by Gasteiger charge is -2.42. The first-order chi connectivity index (χ1) is 13.5. The van der Waals surface area contributed by atoms with Crippen molar-refractivity contribution >= 4 is 15.9 Å². The van der Waals surface area contributed by atoms with E-state index in [1.165, 1.54) is 36.4 Å². The normalized spacial score (nSPS) is 27.4. The van der Waals surface area contributed by atoms with Crippen LogP contribution in [0.5, 0.6) is 0 Å². The van der Waals surface area contributed by atoms with Crippen LogP contribution in [0.15, 0.2) is 35.2 Å². The smallest absolute Gasteiger partial charge is 0.243 e. The van der Waals surface area contributed by atoms with Gasteiger partial charge in [-0.1, -0.05) is 37.5 Å². The van der Waals surface area contributed by atoms with E-state index in [0.717, 1.165) is 24.9 Å². The summed E-state index contributed by atoms with van der Waals surface area (Å²) in [5.41, 5.74) is 0. The number of likely N-dealkylation sites (tertiary alicyclic amines) is 1. The molecule has 1 aromatic carbocycles. The molecule has 154 valence electrons. The number of sulfonamides is 1. The molecule has 2 heterocycles. The average Bonchev–Trinajstić information content (AvgIpc) is 2.74. The van der Waals surface area contributed by atoms with E-state index in [4.69, 9.17) is 0 Å². The van der Waals surface area contributed by atoms with Gasteiger partial charge in [-0.2, -0.15) is 4.31 Å². The molecule has 0 spiro atoms. The van der Waals surface area contributed by atoms with E-state index in [1.54, 1.807) is 24.3 Å². The van der Waals surface area contributed by atoms with Gasteiger partial charge in [0.05, 0.1) is 11.4 Å². The van der Waals surface area contributed by atoms with Crippen LogP contribution in [0.1, 0.15) is 32.1 Å². The standard InChI is InChI=1S/C21H31N3O3S/c25-21(17-22-11-10-18-6-4-5-7-19(18)16-22)23-12-14-24(15-13-23)28(26,27)20-8-2-1-3-9-20/h1-3,8-9,18-19H,4-7,10-17H2/t18-,19+/m0/s1. The highest BCUT2D eigenvalue weighted by atomic mass is 32.2. The van der Waals surface area contributed by atoms with E-state index in [9.17, 15) is 13.2 Å². The highest BCUT2D eigenvalue weighted by Crippen LogP contribution is 2.35. The fourth-order valence-electron chi connectivity index (χ4n) is 5.03. The summed E-state index contributed by atoms with van der Waals surface area (Å²) in [6.45, 7) is 4.25. The van der Waals surface area contributed by atoms with Crippen molar-refractivity contribution < 1.29 is 13.2 Å². The van der Waals surface area contributed by atoms with Crippen molar-refractivity contribution in [2.75, 3.05) is 45.8 Å². The Bertz CT molecular complexity index is 775. The Labute approximate surface area is 168 Å². The summed E-state index contributed by atoms with van der Waals surface area (Å²) in [5.74, 6) is 1.78. The molecule has 28 heavy (non-hydrogen) atoms. The number of carbonyl (C=O) groups excluding carboxylic acids is 1. The first-order valence-corrected chi connectivity index (χ1v) is 12.0. The summed E-state index contributed by atoms with van der Waals surface area (Å²) in [7, 11) is -3.47. The van der Waals surface area contributed by atoms with E-state index in [0.29, 0.717) is 37.6 Å². The number of rotatable bonds is 4. The van der Waals surface area contributed by atoms with Gasteiger partial charge in [-0.3, -0.25) is 9.69 Å². The molecule has 1 aliphatic carbocycles. The molecule has 1 aromatic rings. The largest absolute Gasteiger partial charge is 0.339 e. The Morgan fingerprint density at radius 1 is 0.893 bits per heavy atom. The molecular weight excluding hydrogens is 374 g/mol. The van der Waals surface area contributed by atoms with E-state index in [-0.39, 0.29) is 5.91 Å². The van der Waals surface area contributed by atoms with Gasteiger partial charge >= 0.3 is 0 Å². The van der Waals surface area contributed by atoms with Crippen molar-refractivity contribution in [3.8, 4) is 0 Å². The second-order valence-electron chi connectivity index (χ2n) is 8.43. The first kappa shape index (κ1) is 19.9. The summed E-state index contributed by atoms with van der Waals surface area (Å²) in [6, 6.07) is 8.54. The van der Waals surface area contributed by atoms with Gasteiger partial charge in [0.15, 0.2) is 0 Å². The molecule has 0 unspecified atom stereocenters. The molecule has 7 heteroatoms. The van der Waals surface area contributed by atoms with Crippen LogP contribution in [-0.2, 0) is 14.8 Å². The van der Waals surface area contributed by atoms with Crippen molar-refractivity contribution in [2.24, 2.45) is 11.8 Å². The van der Waals surface area contributed by atoms with Gasteiger partial charge in [0.1, 0.15) is 0 Å². The lowest BCUT2D eigenvalue weighted by Crippen LogP contribution is -2.53. The van der Waals surface area contributed by atoms with Crippen molar-refractivity contribution in [1.82, 2.24) is 14.1 Å². The van der Waals surface area contributed by atoms with Gasteiger partial charge in [-0.05, 0) is 43.4 Å². The van der Waals surface area contributed by atoms with Crippen molar-refractivity contribution in [3.05, 3.63) is 30.3 Å². The van der Waals surface area contributed by atoms with Gasteiger partial charge < -0.3 is 4.90 Å². The molecule has 3 aliphatic rings. The molecule has 2 saturated heterocycles. The zero-order valence-electron chi connectivity index (χ0n) is 16.5. The number of benzene rings is 1. The van der Waals surface area contributed by atoms with Gasteiger partial charge in [0.25, 0.3) is 0 Å². The molecule has 0 radical (unpaired) electrons. The second kappa shape index (κ2) is 8.51. The Morgan fingerprint density at radius 3 is 2.29 bits per heavy atom. The van der Waals surface area contributed by atoms with Crippen molar-refractivity contribution in [1.29, 1.82) is 0 Å². The fourth-order valence-corrected chi connectivity index (χ4v) is 6.47. The van der Waals surface area contributed by atoms with Crippen LogP contribution in [0.2, 0.25) is 0 Å². The zero-order valence-corrected chi connectivity index (χ0v) is 17.3. The number of hydrogen-bond donors (Lipinski definition) is 0. The van der Waals surface area contributed by atoms with Crippen LogP contribution in [0.3, 0.4) is 0 Å². The minimum Gasteiger partial charge on any atom is -0.339 e. The second-order valence-corrected chi connectivity index (χ2v) is 10.4. The van der Waals surface area contributed by atoms with E-state index < -0.39 is 10.0 Å². The SMILES string of the molecule is O=C(CN1CC[C@@H]2CCCC[C@@H]2C1)N1CCN(S(=O)(=O)c2ccccc2)CC1. The molecule has 2 aliphatic heterocycles. The molecule has 0 aromatic heterocycles. The summed E-state index contributed by atoms with van der Waals surface area (Å²) in [4.78, 5) is 17.3. The lowest BCUT2D eigenvalue weighted by molar-refractivity contribution is -0.134. The van der Waals surface area contributed by atoms with E-state index in [1.807, 2.05) is 11.0 Å². The summed E-state index contributed by atoms with van der Waals surface area (Å²) >= 11 is 0. The van der Waals surface area contributed by atoms with Crippen LogP contribution in [0.4, 0.5) is 0 Å². The van der Waals surface area contributed by atoms with Crippen molar-refractivity contribution in [2.45, 2.75) is 37.0 Å². The number of amides is 1.